The third-order valence-electron chi connectivity index (χ3n) is 8.34. The Kier molecular flexibility index (Phi) is 8.85. The van der Waals surface area contributed by atoms with E-state index in [0.29, 0.717) is 46.2 Å². The van der Waals surface area contributed by atoms with Gasteiger partial charge in [0.05, 0.1) is 23.4 Å². The number of aromatic carboxylic acids is 1. The van der Waals surface area contributed by atoms with Crippen LogP contribution < -0.4 is 4.74 Å². The smallest absolute Gasteiger partial charge is 0.434 e. The largest absolute Gasteiger partial charge is 0.489 e. The molecule has 0 aliphatic carbocycles. The van der Waals surface area contributed by atoms with Crippen molar-refractivity contribution in [3.05, 3.63) is 82.0 Å². The fraction of sp³-hybridized carbons (Fsp3) is 0.394. The number of halogens is 3. The van der Waals surface area contributed by atoms with Crippen molar-refractivity contribution in [3.8, 4) is 22.1 Å². The van der Waals surface area contributed by atoms with Crippen LogP contribution in [0.2, 0.25) is 0 Å². The van der Waals surface area contributed by atoms with Crippen LogP contribution in [-0.2, 0) is 27.1 Å². The highest BCUT2D eigenvalue weighted by atomic mass is 32.1. The van der Waals surface area contributed by atoms with Crippen LogP contribution in [0.4, 0.5) is 13.2 Å². The predicted octanol–water partition coefficient (Wildman–Crippen LogP) is 6.46. The Balaban J connectivity index is 1.11. The average Bonchev–Trinajstić information content (AvgIpc) is 3.78. The van der Waals surface area contributed by atoms with Crippen LogP contribution in [0.3, 0.4) is 0 Å². The number of pyridine rings is 1. The summed E-state index contributed by atoms with van der Waals surface area (Å²) in [5.41, 5.74) is 0.992. The van der Waals surface area contributed by atoms with Crippen LogP contribution >= 0.6 is 11.3 Å². The van der Waals surface area contributed by atoms with Crippen molar-refractivity contribution >= 4 is 23.2 Å². The number of hydrogen-bond acceptors (Lipinski definition) is 8. The van der Waals surface area contributed by atoms with Crippen LogP contribution in [0.15, 0.2) is 54.0 Å². The fourth-order valence-corrected chi connectivity index (χ4v) is 6.86. The summed E-state index contributed by atoms with van der Waals surface area (Å²) in [6.45, 7) is 7.36. The predicted molar refractivity (Wildman–Crippen MR) is 166 cm³/mol. The first kappa shape index (κ1) is 32.7. The first-order valence-corrected chi connectivity index (χ1v) is 16.0. The van der Waals surface area contributed by atoms with Crippen molar-refractivity contribution in [1.29, 1.82) is 0 Å². The number of thiophene rings is 1. The van der Waals surface area contributed by atoms with E-state index in [1.165, 1.54) is 23.0 Å². The lowest BCUT2D eigenvalue weighted by Gasteiger charge is -2.33. The molecule has 1 N–H and O–H groups in total. The van der Waals surface area contributed by atoms with Gasteiger partial charge in [0.1, 0.15) is 17.9 Å². The number of rotatable bonds is 8. The molecule has 2 aliphatic rings. The number of aromatic nitrogens is 3. The van der Waals surface area contributed by atoms with Gasteiger partial charge in [-0.05, 0) is 80.3 Å². The minimum Gasteiger partial charge on any atom is -0.489 e. The first-order valence-electron chi connectivity index (χ1n) is 15.1. The number of benzene rings is 1. The van der Waals surface area contributed by atoms with E-state index >= 15 is 0 Å². The molecule has 0 radical (unpaired) electrons. The fourth-order valence-electron chi connectivity index (χ4n) is 5.98. The maximum Gasteiger partial charge on any atom is 0.434 e. The highest BCUT2D eigenvalue weighted by molar-refractivity contribution is 7.13. The van der Waals surface area contributed by atoms with Crippen molar-refractivity contribution in [2.45, 2.75) is 64.2 Å². The zero-order valence-corrected chi connectivity index (χ0v) is 26.7. The highest BCUT2D eigenvalue weighted by Gasteiger charge is 2.41. The summed E-state index contributed by atoms with van der Waals surface area (Å²) in [4.78, 5) is 31.3. The number of amides is 1. The van der Waals surface area contributed by atoms with Gasteiger partial charge in [-0.3, -0.25) is 4.79 Å². The molecule has 0 spiro atoms. The summed E-state index contributed by atoms with van der Waals surface area (Å²) < 4.78 is 59.3. The average molecular weight is 671 g/mol. The number of carbonyl (C=O) groups excluding carboxylic acids is 1. The number of piperidine rings is 1. The molecule has 10 nitrogen and oxygen atoms in total. The third kappa shape index (κ3) is 6.90. The lowest BCUT2D eigenvalue weighted by Crippen LogP contribution is -2.44. The van der Waals surface area contributed by atoms with E-state index in [0.717, 1.165) is 24.0 Å². The van der Waals surface area contributed by atoms with Gasteiger partial charge in [-0.2, -0.15) is 18.3 Å². The van der Waals surface area contributed by atoms with Crippen LogP contribution in [0.1, 0.15) is 65.3 Å². The molecule has 1 atom stereocenters. The van der Waals surface area contributed by atoms with E-state index in [9.17, 15) is 27.9 Å². The summed E-state index contributed by atoms with van der Waals surface area (Å²) in [5.74, 6) is -1.64. The molecule has 0 saturated carbocycles. The second-order valence-electron chi connectivity index (χ2n) is 12.0. The SMILES string of the molecule is Cc1cc(C2CCN(C(=O)C3COC(C)(C)O3)CC2)ccc1OCc1ccsc1-c1cccc(-n2ncc(C(=O)O)c2C(F)(F)F)n1. The summed E-state index contributed by atoms with van der Waals surface area (Å²) in [5, 5.41) is 14.8. The van der Waals surface area contributed by atoms with Gasteiger partial charge in [0, 0.05) is 18.7 Å². The first-order chi connectivity index (χ1) is 22.3. The van der Waals surface area contributed by atoms with Crippen LogP contribution in [0.25, 0.3) is 16.4 Å². The third-order valence-corrected chi connectivity index (χ3v) is 9.32. The van der Waals surface area contributed by atoms with Crippen molar-refractivity contribution < 1.29 is 42.1 Å². The van der Waals surface area contributed by atoms with Gasteiger partial charge in [0.15, 0.2) is 23.4 Å². The highest BCUT2D eigenvalue weighted by Crippen LogP contribution is 2.36. The van der Waals surface area contributed by atoms with Crippen molar-refractivity contribution in [2.24, 2.45) is 0 Å². The van der Waals surface area contributed by atoms with Gasteiger partial charge >= 0.3 is 12.1 Å². The van der Waals surface area contributed by atoms with Gasteiger partial charge < -0.3 is 24.2 Å². The zero-order valence-electron chi connectivity index (χ0n) is 25.9. The number of carbonyl (C=O) groups is 2. The number of likely N-dealkylation sites (tertiary alicyclic amines) is 1. The van der Waals surface area contributed by atoms with Gasteiger partial charge in [-0.1, -0.05) is 18.2 Å². The van der Waals surface area contributed by atoms with Crippen LogP contribution in [-0.4, -0.2) is 68.2 Å². The molecule has 14 heteroatoms. The Hall–Kier alpha value is -4.27. The summed E-state index contributed by atoms with van der Waals surface area (Å²) in [6, 6.07) is 12.5. The monoisotopic (exact) mass is 670 g/mol. The minimum absolute atomic E-state index is 0.0246. The van der Waals surface area contributed by atoms with Gasteiger partial charge in [-0.25, -0.2) is 14.5 Å². The summed E-state index contributed by atoms with van der Waals surface area (Å²) in [6.07, 6.45) is -3.16. The molecular formula is C33H33F3N4O6S. The van der Waals surface area contributed by atoms with Gasteiger partial charge in [0.2, 0.25) is 0 Å². The zero-order chi connectivity index (χ0) is 33.5. The standard InChI is InChI=1S/C33H33F3N4O6S/c1-19-15-21(20-9-12-39(13-10-20)30(41)26-18-45-32(2,3)46-26)7-8-25(19)44-17-22-11-14-47-28(22)24-5-4-6-27(38-24)40-29(33(34,35)36)23(16-37-40)31(42)43/h4-8,11,14-16,20,26H,9-10,12-13,17-18H2,1-3H3,(H,42,43). The van der Waals surface area contributed by atoms with E-state index < -0.39 is 35.3 Å². The molecule has 1 aromatic carbocycles. The maximum atomic E-state index is 13.8. The minimum atomic E-state index is -4.95. The number of carboxylic acid groups (broad SMARTS) is 1. The Morgan fingerprint density at radius 3 is 2.57 bits per heavy atom. The molecule has 0 bridgehead atoms. The molecule has 2 saturated heterocycles. The second kappa shape index (κ2) is 12.7. The number of hydrogen-bond donors (Lipinski definition) is 1. The number of aryl methyl sites for hydroxylation is 1. The van der Waals surface area contributed by atoms with E-state index in [2.05, 4.69) is 16.1 Å². The van der Waals surface area contributed by atoms with Crippen LogP contribution in [0.5, 0.6) is 5.75 Å². The summed E-state index contributed by atoms with van der Waals surface area (Å²) >= 11 is 1.37. The second-order valence-corrected chi connectivity index (χ2v) is 12.9. The molecule has 2 fully saturated rings. The molecule has 5 heterocycles. The molecule has 1 unspecified atom stereocenters. The number of ether oxygens (including phenoxy) is 3. The van der Waals surface area contributed by atoms with E-state index in [4.69, 9.17) is 14.2 Å². The number of alkyl halides is 3. The Labute approximate surface area is 272 Å². The molecule has 6 rings (SSSR count). The van der Waals surface area contributed by atoms with E-state index in [-0.39, 0.29) is 24.9 Å². The molecule has 3 aromatic heterocycles. The van der Waals surface area contributed by atoms with Crippen molar-refractivity contribution in [2.75, 3.05) is 19.7 Å². The van der Waals surface area contributed by atoms with Gasteiger partial charge in [-0.15, -0.1) is 11.3 Å². The lowest BCUT2D eigenvalue weighted by atomic mass is 9.88. The number of nitrogens with zero attached hydrogens (tertiary/aromatic N) is 4. The maximum absolute atomic E-state index is 13.8. The quantitative estimate of drug-likeness (QED) is 0.227. The Morgan fingerprint density at radius 1 is 1.15 bits per heavy atom. The topological polar surface area (TPSA) is 116 Å². The molecule has 47 heavy (non-hydrogen) atoms. The Morgan fingerprint density at radius 2 is 1.91 bits per heavy atom. The molecule has 4 aromatic rings. The molecule has 248 valence electrons. The van der Waals surface area contributed by atoms with Crippen molar-refractivity contribution in [3.63, 3.8) is 0 Å². The molecular weight excluding hydrogens is 637 g/mol. The number of carboxylic acids is 1. The van der Waals surface area contributed by atoms with E-state index in [1.807, 2.05) is 35.4 Å². The molecule has 1 amide bonds. The van der Waals surface area contributed by atoms with Crippen LogP contribution in [0, 0.1) is 6.92 Å². The van der Waals surface area contributed by atoms with Crippen molar-refractivity contribution in [1.82, 2.24) is 19.7 Å². The molecule has 2 aliphatic heterocycles. The van der Waals surface area contributed by atoms with Gasteiger partial charge in [0.25, 0.3) is 5.91 Å². The van der Waals surface area contributed by atoms with E-state index in [1.54, 1.807) is 26.0 Å². The lowest BCUT2D eigenvalue weighted by molar-refractivity contribution is -0.160. The normalized spacial score (nSPS) is 18.4. The Bertz CT molecular complexity index is 1790. The summed E-state index contributed by atoms with van der Waals surface area (Å²) in [7, 11) is 0.